The lowest BCUT2D eigenvalue weighted by molar-refractivity contribution is -0.128. The molecule has 1 amide bonds. The van der Waals surface area contributed by atoms with Crippen LogP contribution in [0.5, 0.6) is 11.5 Å². The third kappa shape index (κ3) is 4.51. The lowest BCUT2D eigenvalue weighted by atomic mass is 10.1. The normalized spacial score (nSPS) is 17.8. The molecule has 0 aliphatic carbocycles. The molecule has 0 aromatic heterocycles. The monoisotopic (exact) mass is 470 g/mol. The van der Waals surface area contributed by atoms with E-state index >= 15 is 0 Å². The highest BCUT2D eigenvalue weighted by Gasteiger charge is 2.34. The predicted octanol–water partition coefficient (Wildman–Crippen LogP) is 1.92. The van der Waals surface area contributed by atoms with Crippen LogP contribution in [0, 0.1) is 0 Å². The summed E-state index contributed by atoms with van der Waals surface area (Å²) in [5, 5.41) is 0. The van der Waals surface area contributed by atoms with Crippen molar-refractivity contribution in [2.45, 2.75) is 0 Å². The summed E-state index contributed by atoms with van der Waals surface area (Å²) in [6, 6.07) is 15.0. The van der Waals surface area contributed by atoms with E-state index in [-0.39, 0.29) is 17.3 Å². The molecule has 1 fully saturated rings. The van der Waals surface area contributed by atoms with Crippen molar-refractivity contribution in [2.24, 2.45) is 4.40 Å². The Balaban J connectivity index is 1.61. The average molecular weight is 471 g/mol. The topological polar surface area (TPSA) is 91.8 Å². The number of amides is 1. The van der Waals surface area contributed by atoms with Crippen LogP contribution in [-0.2, 0) is 15.0 Å². The van der Waals surface area contributed by atoms with Crippen molar-refractivity contribution in [3.8, 4) is 11.5 Å². The number of para-hydroxylation sites is 1. The number of allylic oxidation sites excluding steroid dienone is 1. The first-order chi connectivity index (χ1) is 15.8. The van der Waals surface area contributed by atoms with Crippen LogP contribution in [0.3, 0.4) is 0 Å². The largest absolute Gasteiger partial charge is 0.497 e. The van der Waals surface area contributed by atoms with Crippen molar-refractivity contribution in [1.29, 1.82) is 0 Å². The molecule has 1 saturated heterocycles. The molecule has 2 aromatic rings. The first-order valence-electron chi connectivity index (χ1n) is 10.5. The molecule has 10 heteroatoms. The van der Waals surface area contributed by atoms with Crippen molar-refractivity contribution < 1.29 is 22.7 Å². The van der Waals surface area contributed by atoms with Gasteiger partial charge in [-0.3, -0.25) is 4.79 Å². The van der Waals surface area contributed by atoms with Gasteiger partial charge in [-0.1, -0.05) is 18.2 Å². The molecule has 0 unspecified atom stereocenters. The fraction of sp³-hybridized carbons (Fsp3) is 0.304. The third-order valence-corrected chi connectivity index (χ3v) is 7.08. The number of anilines is 1. The van der Waals surface area contributed by atoms with Crippen LogP contribution in [0.25, 0.3) is 0 Å². The maximum Gasteiger partial charge on any atom is 0.345 e. The minimum absolute atomic E-state index is 0.0398. The molecule has 0 atom stereocenters. The van der Waals surface area contributed by atoms with Gasteiger partial charge < -0.3 is 19.3 Å². The second-order valence-corrected chi connectivity index (χ2v) is 9.26. The molecule has 0 N–H and O–H groups in total. The second kappa shape index (κ2) is 9.14. The van der Waals surface area contributed by atoms with E-state index in [1.807, 2.05) is 30.3 Å². The lowest BCUT2D eigenvalue weighted by Gasteiger charge is -2.37. The fourth-order valence-electron chi connectivity index (χ4n) is 3.86. The molecule has 33 heavy (non-hydrogen) atoms. The van der Waals surface area contributed by atoms with Crippen LogP contribution in [-0.4, -0.2) is 76.7 Å². The van der Waals surface area contributed by atoms with Crippen LogP contribution < -0.4 is 14.4 Å². The highest BCUT2D eigenvalue weighted by Crippen LogP contribution is 2.29. The van der Waals surface area contributed by atoms with Gasteiger partial charge in [0.2, 0.25) is 0 Å². The number of likely N-dealkylation sites (N-methyl/N-ethyl adjacent to an activating group) is 1. The van der Waals surface area contributed by atoms with E-state index in [0.29, 0.717) is 43.2 Å². The van der Waals surface area contributed by atoms with Gasteiger partial charge >= 0.3 is 10.2 Å². The van der Waals surface area contributed by atoms with E-state index < -0.39 is 10.2 Å². The molecule has 2 aliphatic heterocycles. The number of hydrogen-bond acceptors (Lipinski definition) is 6. The molecule has 2 heterocycles. The van der Waals surface area contributed by atoms with Gasteiger partial charge in [-0.15, -0.1) is 4.40 Å². The smallest absolute Gasteiger partial charge is 0.345 e. The minimum atomic E-state index is -4.09. The third-order valence-electron chi connectivity index (χ3n) is 5.76. The Morgan fingerprint density at radius 2 is 1.67 bits per heavy atom. The van der Waals surface area contributed by atoms with Crippen LogP contribution in [0.2, 0.25) is 0 Å². The lowest BCUT2D eigenvalue weighted by Crippen LogP contribution is -2.51. The van der Waals surface area contributed by atoms with E-state index in [0.717, 1.165) is 9.99 Å². The van der Waals surface area contributed by atoms with Crippen LogP contribution >= 0.6 is 0 Å². The number of carbonyl (C=O) groups is 1. The van der Waals surface area contributed by atoms with E-state index in [1.54, 1.807) is 23.1 Å². The molecule has 0 bridgehead atoms. The summed E-state index contributed by atoms with van der Waals surface area (Å²) in [5.74, 6) is 0.583. The number of piperazine rings is 1. The predicted molar refractivity (Wildman–Crippen MR) is 126 cm³/mol. The Labute approximate surface area is 193 Å². The first kappa shape index (κ1) is 22.7. The van der Waals surface area contributed by atoms with Gasteiger partial charge in [0.05, 0.1) is 19.9 Å². The highest BCUT2D eigenvalue weighted by atomic mass is 32.2. The van der Waals surface area contributed by atoms with E-state index in [2.05, 4.69) is 9.30 Å². The second-order valence-electron chi connectivity index (χ2n) is 7.63. The maximum absolute atomic E-state index is 13.4. The fourth-order valence-corrected chi connectivity index (χ4v) is 4.76. The van der Waals surface area contributed by atoms with Gasteiger partial charge in [0.1, 0.15) is 17.2 Å². The average Bonchev–Trinajstić information content (AvgIpc) is 2.85. The molecule has 2 aromatic carbocycles. The van der Waals surface area contributed by atoms with E-state index in [4.69, 9.17) is 9.47 Å². The Kier molecular flexibility index (Phi) is 6.28. The van der Waals surface area contributed by atoms with Gasteiger partial charge in [-0.25, -0.2) is 4.31 Å². The molecule has 2 aliphatic rings. The number of methoxy groups -OCH3 is 2. The van der Waals surface area contributed by atoms with Gasteiger partial charge in [-0.05, 0) is 36.4 Å². The molecular formula is C23H26N4O5S. The van der Waals surface area contributed by atoms with Gasteiger partial charge in [0.25, 0.3) is 5.91 Å². The molecule has 9 nitrogen and oxygen atoms in total. The van der Waals surface area contributed by atoms with Crippen molar-refractivity contribution in [3.05, 3.63) is 65.9 Å². The number of rotatable bonds is 5. The zero-order valence-electron chi connectivity index (χ0n) is 18.8. The number of nitrogens with zero attached hydrogens (tertiary/aromatic N) is 4. The number of ether oxygens (including phenoxy) is 2. The SMILES string of the molecule is COc1ccc(OC)c(C2=NS(=O)(=O)N(C)C(C(=O)N3CCN(c4ccccc4)CC3)=C2)c1. The summed E-state index contributed by atoms with van der Waals surface area (Å²) < 4.78 is 41.1. The molecule has 0 radical (unpaired) electrons. The number of carbonyl (C=O) groups excluding carboxylic acids is 1. The number of benzene rings is 2. The van der Waals surface area contributed by atoms with E-state index in [9.17, 15) is 13.2 Å². The maximum atomic E-state index is 13.4. The Morgan fingerprint density at radius 1 is 0.970 bits per heavy atom. The molecular weight excluding hydrogens is 444 g/mol. The summed E-state index contributed by atoms with van der Waals surface area (Å²) in [5.41, 5.74) is 1.68. The van der Waals surface area contributed by atoms with Crippen molar-refractivity contribution in [2.75, 3.05) is 52.3 Å². The van der Waals surface area contributed by atoms with Gasteiger partial charge in [0.15, 0.2) is 0 Å². The van der Waals surface area contributed by atoms with Gasteiger partial charge in [-0.2, -0.15) is 8.42 Å². The van der Waals surface area contributed by atoms with Crippen molar-refractivity contribution in [1.82, 2.24) is 9.21 Å². The summed E-state index contributed by atoms with van der Waals surface area (Å²) in [6.07, 6.45) is 1.49. The molecule has 0 spiro atoms. The Hall–Kier alpha value is -3.53. The van der Waals surface area contributed by atoms with Crippen molar-refractivity contribution >= 4 is 27.5 Å². The van der Waals surface area contributed by atoms with Crippen LogP contribution in [0.4, 0.5) is 5.69 Å². The highest BCUT2D eigenvalue weighted by molar-refractivity contribution is 7.88. The molecule has 174 valence electrons. The zero-order valence-corrected chi connectivity index (χ0v) is 19.6. The molecule has 4 rings (SSSR count). The Morgan fingerprint density at radius 3 is 2.30 bits per heavy atom. The summed E-state index contributed by atoms with van der Waals surface area (Å²) >= 11 is 0. The zero-order chi connectivity index (χ0) is 23.6. The van der Waals surface area contributed by atoms with Crippen molar-refractivity contribution in [3.63, 3.8) is 0 Å². The summed E-state index contributed by atoms with van der Waals surface area (Å²) in [6.45, 7) is 2.27. The molecule has 0 saturated carbocycles. The summed E-state index contributed by atoms with van der Waals surface area (Å²) in [4.78, 5) is 17.2. The first-order valence-corrected chi connectivity index (χ1v) is 11.9. The summed E-state index contributed by atoms with van der Waals surface area (Å²) in [7, 11) is 0.241. The van der Waals surface area contributed by atoms with E-state index in [1.165, 1.54) is 27.3 Å². The number of hydrogen-bond donors (Lipinski definition) is 0. The minimum Gasteiger partial charge on any atom is -0.497 e. The van der Waals surface area contributed by atoms with Crippen LogP contribution in [0.1, 0.15) is 5.56 Å². The Bertz CT molecular complexity index is 1200. The quantitative estimate of drug-likeness (QED) is 0.663. The standard InChI is InChI=1S/C23H26N4O5S/c1-25-21(23(28)27-13-11-26(12-14-27)17-7-5-4-6-8-17)16-20(24-33(25,29)30)19-15-18(31-2)9-10-22(19)32-3/h4-10,15-16H,11-14H2,1-3H3. The van der Waals surface area contributed by atoms with Crippen LogP contribution in [0.15, 0.2) is 64.7 Å². The van der Waals surface area contributed by atoms with Gasteiger partial charge in [0, 0.05) is 44.5 Å².